The SMILES string of the molecule is COC(=O)c1nc2ccccc2c(=O)n1N. The lowest BCUT2D eigenvalue weighted by Crippen LogP contribution is -2.34. The highest BCUT2D eigenvalue weighted by molar-refractivity contribution is 5.88. The maximum atomic E-state index is 11.8. The lowest BCUT2D eigenvalue weighted by Gasteiger charge is -2.06. The summed E-state index contributed by atoms with van der Waals surface area (Å²) in [7, 11) is 1.20. The standard InChI is InChI=1S/C10H9N3O3/c1-16-10(15)8-12-7-5-3-2-4-6(7)9(14)13(8)11/h2-5H,11H2,1H3. The molecule has 0 unspecified atom stereocenters. The molecule has 6 heteroatoms. The van der Waals surface area contributed by atoms with Crippen molar-refractivity contribution in [2.75, 3.05) is 13.0 Å². The summed E-state index contributed by atoms with van der Waals surface area (Å²) in [5.41, 5.74) is -0.0689. The van der Waals surface area contributed by atoms with Crippen molar-refractivity contribution in [3.05, 3.63) is 40.4 Å². The van der Waals surface area contributed by atoms with E-state index in [1.54, 1.807) is 24.3 Å². The van der Waals surface area contributed by atoms with Crippen LogP contribution in [0.15, 0.2) is 29.1 Å². The van der Waals surface area contributed by atoms with Crippen LogP contribution in [0.4, 0.5) is 0 Å². The van der Waals surface area contributed by atoms with Gasteiger partial charge in [-0.3, -0.25) is 4.79 Å². The number of carbonyl (C=O) groups is 1. The van der Waals surface area contributed by atoms with Crippen LogP contribution in [0.1, 0.15) is 10.6 Å². The summed E-state index contributed by atoms with van der Waals surface area (Å²) in [4.78, 5) is 27.0. The molecule has 2 N–H and O–H groups in total. The number of hydrogen-bond acceptors (Lipinski definition) is 5. The third-order valence-corrected chi connectivity index (χ3v) is 2.18. The van der Waals surface area contributed by atoms with Crippen molar-refractivity contribution in [1.29, 1.82) is 0 Å². The number of nitrogens with zero attached hydrogens (tertiary/aromatic N) is 2. The Kier molecular flexibility index (Phi) is 2.32. The number of nitrogens with two attached hydrogens (primary N) is 1. The number of methoxy groups -OCH3 is 1. The van der Waals surface area contributed by atoms with E-state index in [9.17, 15) is 9.59 Å². The Morgan fingerprint density at radius 1 is 1.44 bits per heavy atom. The Balaban J connectivity index is 2.84. The van der Waals surface area contributed by atoms with E-state index < -0.39 is 11.5 Å². The van der Waals surface area contributed by atoms with Gasteiger partial charge in [0, 0.05) is 0 Å². The van der Waals surface area contributed by atoms with Crippen LogP contribution in [-0.2, 0) is 4.74 Å². The van der Waals surface area contributed by atoms with Crippen molar-refractivity contribution in [1.82, 2.24) is 9.66 Å². The van der Waals surface area contributed by atoms with E-state index in [1.165, 1.54) is 7.11 Å². The number of benzene rings is 1. The first kappa shape index (κ1) is 10.2. The summed E-state index contributed by atoms with van der Waals surface area (Å²) in [6.45, 7) is 0. The predicted molar refractivity (Wildman–Crippen MR) is 57.5 cm³/mol. The lowest BCUT2D eigenvalue weighted by molar-refractivity contribution is 0.0582. The topological polar surface area (TPSA) is 87.2 Å². The molecule has 16 heavy (non-hydrogen) atoms. The second kappa shape index (κ2) is 3.65. The second-order valence-corrected chi connectivity index (χ2v) is 3.12. The Morgan fingerprint density at radius 2 is 2.12 bits per heavy atom. The van der Waals surface area contributed by atoms with E-state index in [-0.39, 0.29) is 5.82 Å². The van der Waals surface area contributed by atoms with Crippen LogP contribution in [-0.4, -0.2) is 22.7 Å². The minimum Gasteiger partial charge on any atom is -0.463 e. The molecule has 2 rings (SSSR count). The molecule has 6 nitrogen and oxygen atoms in total. The zero-order valence-electron chi connectivity index (χ0n) is 8.51. The summed E-state index contributed by atoms with van der Waals surface area (Å²) >= 11 is 0. The number of carbonyl (C=O) groups excluding carboxylic acids is 1. The van der Waals surface area contributed by atoms with E-state index in [0.717, 1.165) is 0 Å². The molecular weight excluding hydrogens is 210 g/mol. The molecule has 0 saturated heterocycles. The molecule has 0 bridgehead atoms. The molecule has 0 aliphatic heterocycles. The molecule has 0 aliphatic rings. The van der Waals surface area contributed by atoms with E-state index in [2.05, 4.69) is 9.72 Å². The Hall–Kier alpha value is -2.37. The highest BCUT2D eigenvalue weighted by atomic mass is 16.5. The molecule has 0 aliphatic carbocycles. The quantitative estimate of drug-likeness (QED) is 0.534. The molecule has 82 valence electrons. The van der Waals surface area contributed by atoms with Gasteiger partial charge in [-0.15, -0.1) is 0 Å². The number of nitrogen functional groups attached to an aromatic ring is 1. The second-order valence-electron chi connectivity index (χ2n) is 3.12. The molecule has 0 spiro atoms. The normalized spacial score (nSPS) is 10.3. The van der Waals surface area contributed by atoms with Crippen molar-refractivity contribution in [2.24, 2.45) is 0 Å². The van der Waals surface area contributed by atoms with Gasteiger partial charge in [-0.25, -0.2) is 14.5 Å². The first-order chi connectivity index (χ1) is 7.65. The summed E-state index contributed by atoms with van der Waals surface area (Å²) in [5.74, 6) is 4.50. The van der Waals surface area contributed by atoms with E-state index in [4.69, 9.17) is 5.84 Å². The van der Waals surface area contributed by atoms with Crippen LogP contribution in [0, 0.1) is 0 Å². The highest BCUT2D eigenvalue weighted by Gasteiger charge is 2.15. The summed E-state index contributed by atoms with van der Waals surface area (Å²) in [6, 6.07) is 6.64. The number of esters is 1. The van der Waals surface area contributed by atoms with Crippen LogP contribution >= 0.6 is 0 Å². The first-order valence-corrected chi connectivity index (χ1v) is 4.50. The molecule has 2 aromatic rings. The minimum absolute atomic E-state index is 0.216. The van der Waals surface area contributed by atoms with Crippen molar-refractivity contribution in [3.63, 3.8) is 0 Å². The van der Waals surface area contributed by atoms with Crippen LogP contribution in [0.25, 0.3) is 10.9 Å². The van der Waals surface area contributed by atoms with Gasteiger partial charge in [0.15, 0.2) is 0 Å². The molecule has 1 heterocycles. The summed E-state index contributed by atoms with van der Waals surface area (Å²) in [6.07, 6.45) is 0. The van der Waals surface area contributed by atoms with Gasteiger partial charge in [-0.05, 0) is 12.1 Å². The molecule has 0 radical (unpaired) electrons. The number of fused-ring (bicyclic) bond motifs is 1. The molecule has 0 fully saturated rings. The van der Waals surface area contributed by atoms with Crippen LogP contribution in [0.3, 0.4) is 0 Å². The van der Waals surface area contributed by atoms with Gasteiger partial charge in [0.05, 0.1) is 18.0 Å². The maximum absolute atomic E-state index is 11.8. The van der Waals surface area contributed by atoms with Crippen molar-refractivity contribution in [3.8, 4) is 0 Å². The Labute approximate surface area is 90.2 Å². The number of aromatic nitrogens is 2. The first-order valence-electron chi connectivity index (χ1n) is 4.50. The van der Waals surface area contributed by atoms with E-state index in [1.807, 2.05) is 0 Å². The van der Waals surface area contributed by atoms with Gasteiger partial charge in [-0.2, -0.15) is 0 Å². The van der Waals surface area contributed by atoms with Gasteiger partial charge in [0.2, 0.25) is 5.82 Å². The summed E-state index contributed by atoms with van der Waals surface area (Å²) < 4.78 is 5.17. The van der Waals surface area contributed by atoms with E-state index in [0.29, 0.717) is 15.6 Å². The summed E-state index contributed by atoms with van der Waals surface area (Å²) in [5, 5.41) is 0.359. The van der Waals surface area contributed by atoms with Crippen LogP contribution < -0.4 is 11.4 Å². The molecular formula is C10H9N3O3. The molecule has 1 aromatic carbocycles. The monoisotopic (exact) mass is 219 g/mol. The number of hydrogen-bond donors (Lipinski definition) is 1. The lowest BCUT2D eigenvalue weighted by atomic mass is 10.2. The zero-order chi connectivity index (χ0) is 11.7. The molecule has 0 atom stereocenters. The van der Waals surface area contributed by atoms with Gasteiger partial charge in [0.1, 0.15) is 0 Å². The number of ether oxygens (including phenoxy) is 1. The van der Waals surface area contributed by atoms with Gasteiger partial charge in [-0.1, -0.05) is 12.1 Å². The van der Waals surface area contributed by atoms with Crippen molar-refractivity contribution in [2.45, 2.75) is 0 Å². The van der Waals surface area contributed by atoms with E-state index >= 15 is 0 Å². The third kappa shape index (κ3) is 1.40. The fraction of sp³-hybridized carbons (Fsp3) is 0.100. The number of para-hydroxylation sites is 1. The van der Waals surface area contributed by atoms with Crippen molar-refractivity contribution >= 4 is 16.9 Å². The smallest absolute Gasteiger partial charge is 0.376 e. The predicted octanol–water partition coefficient (Wildman–Crippen LogP) is -0.103. The average molecular weight is 219 g/mol. The highest BCUT2D eigenvalue weighted by Crippen LogP contribution is 2.06. The molecule has 1 aromatic heterocycles. The Morgan fingerprint density at radius 3 is 2.81 bits per heavy atom. The molecule has 0 amide bonds. The van der Waals surface area contributed by atoms with Gasteiger partial charge in [0.25, 0.3) is 5.56 Å². The van der Waals surface area contributed by atoms with Crippen molar-refractivity contribution < 1.29 is 9.53 Å². The molecule has 0 saturated carbocycles. The van der Waals surface area contributed by atoms with Gasteiger partial charge >= 0.3 is 5.97 Å². The largest absolute Gasteiger partial charge is 0.463 e. The fourth-order valence-electron chi connectivity index (χ4n) is 1.38. The van der Waals surface area contributed by atoms with Crippen LogP contribution in [0.2, 0.25) is 0 Å². The Bertz CT molecular complexity index is 618. The van der Waals surface area contributed by atoms with Crippen LogP contribution in [0.5, 0.6) is 0 Å². The fourth-order valence-corrected chi connectivity index (χ4v) is 1.38. The average Bonchev–Trinajstić information content (AvgIpc) is 2.33. The maximum Gasteiger partial charge on any atom is 0.376 e. The van der Waals surface area contributed by atoms with Gasteiger partial charge < -0.3 is 10.6 Å². The number of rotatable bonds is 1. The zero-order valence-corrected chi connectivity index (χ0v) is 8.51. The minimum atomic E-state index is -0.745. The third-order valence-electron chi connectivity index (χ3n) is 2.18.